The molecule has 2 atom stereocenters. The summed E-state index contributed by atoms with van der Waals surface area (Å²) in [7, 11) is -2.71. The molecule has 2 aromatic rings. The van der Waals surface area contributed by atoms with Crippen LogP contribution in [0.4, 0.5) is 0 Å². The second-order valence-electron chi connectivity index (χ2n) is 9.20. The van der Waals surface area contributed by atoms with Gasteiger partial charge < -0.3 is 19.0 Å². The summed E-state index contributed by atoms with van der Waals surface area (Å²) in [4.78, 5) is 0. The monoisotopic (exact) mass is 414 g/mol. The van der Waals surface area contributed by atoms with Crippen molar-refractivity contribution in [2.75, 3.05) is 13.2 Å². The Kier molecular flexibility index (Phi) is 6.66. The highest BCUT2D eigenvalue weighted by molar-refractivity contribution is 6.99. The van der Waals surface area contributed by atoms with E-state index in [-0.39, 0.29) is 23.9 Å². The minimum absolute atomic E-state index is 0.0448. The first-order valence-electron chi connectivity index (χ1n) is 10.4. The molecule has 158 valence electrons. The summed E-state index contributed by atoms with van der Waals surface area (Å²) in [5.74, 6) is -0.632. The van der Waals surface area contributed by atoms with Crippen LogP contribution in [0.2, 0.25) is 5.04 Å². The summed E-state index contributed by atoms with van der Waals surface area (Å²) >= 11 is 0. The topological polar surface area (TPSA) is 47.9 Å². The molecule has 1 saturated heterocycles. The molecule has 1 fully saturated rings. The van der Waals surface area contributed by atoms with Gasteiger partial charge in [-0.05, 0) is 35.7 Å². The maximum absolute atomic E-state index is 9.81. The van der Waals surface area contributed by atoms with Crippen molar-refractivity contribution in [1.82, 2.24) is 0 Å². The van der Waals surface area contributed by atoms with Gasteiger partial charge in [0, 0.05) is 6.61 Å². The van der Waals surface area contributed by atoms with Crippen LogP contribution in [-0.2, 0) is 13.9 Å². The zero-order chi connectivity index (χ0) is 21.1. The molecule has 0 saturated carbocycles. The quantitative estimate of drug-likeness (QED) is 0.705. The number of hydrogen-bond donors (Lipinski definition) is 1. The van der Waals surface area contributed by atoms with Gasteiger partial charge >= 0.3 is 0 Å². The lowest BCUT2D eigenvalue weighted by Crippen LogP contribution is -2.68. The lowest BCUT2D eigenvalue weighted by atomic mass is 10.1. The van der Waals surface area contributed by atoms with E-state index in [2.05, 4.69) is 69.3 Å². The van der Waals surface area contributed by atoms with Crippen molar-refractivity contribution in [3.8, 4) is 0 Å². The van der Waals surface area contributed by atoms with Gasteiger partial charge in [-0.1, -0.05) is 81.4 Å². The molecule has 1 heterocycles. The average Bonchev–Trinajstić information content (AvgIpc) is 3.05. The van der Waals surface area contributed by atoms with Gasteiger partial charge in [-0.15, -0.1) is 0 Å². The summed E-state index contributed by atoms with van der Waals surface area (Å²) in [5, 5.41) is 12.1. The third-order valence-electron chi connectivity index (χ3n) is 5.60. The van der Waals surface area contributed by atoms with Crippen molar-refractivity contribution < 1.29 is 19.0 Å². The normalized spacial score (nSPS) is 20.6. The van der Waals surface area contributed by atoms with Crippen molar-refractivity contribution in [3.63, 3.8) is 0 Å². The van der Waals surface area contributed by atoms with E-state index < -0.39 is 14.1 Å². The molecular formula is C24H34O4Si. The predicted molar refractivity (Wildman–Crippen MR) is 119 cm³/mol. The van der Waals surface area contributed by atoms with E-state index in [1.165, 1.54) is 10.4 Å². The van der Waals surface area contributed by atoms with Gasteiger partial charge in [0.15, 0.2) is 5.79 Å². The molecule has 4 nitrogen and oxygen atoms in total. The van der Waals surface area contributed by atoms with E-state index in [1.54, 1.807) is 0 Å². The van der Waals surface area contributed by atoms with Gasteiger partial charge in [0.25, 0.3) is 8.32 Å². The summed E-state index contributed by atoms with van der Waals surface area (Å²) in [6.45, 7) is 11.1. The number of benzene rings is 2. The fourth-order valence-electron chi connectivity index (χ4n) is 4.26. The zero-order valence-electron chi connectivity index (χ0n) is 18.2. The van der Waals surface area contributed by atoms with Gasteiger partial charge in [0.2, 0.25) is 0 Å². The Morgan fingerprint density at radius 2 is 1.55 bits per heavy atom. The molecule has 0 radical (unpaired) electrons. The van der Waals surface area contributed by atoms with Gasteiger partial charge in [0.05, 0.1) is 12.7 Å². The number of aliphatic hydroxyl groups excluding tert-OH is 1. The number of ether oxygens (including phenoxy) is 2. The molecule has 0 aliphatic carbocycles. The smallest absolute Gasteiger partial charge is 0.261 e. The van der Waals surface area contributed by atoms with Crippen LogP contribution in [0.25, 0.3) is 0 Å². The third-order valence-corrected chi connectivity index (χ3v) is 10.7. The lowest BCUT2D eigenvalue weighted by Gasteiger charge is -2.46. The fourth-order valence-corrected chi connectivity index (χ4v) is 9.00. The minimum atomic E-state index is -2.71. The maximum Gasteiger partial charge on any atom is 0.261 e. The lowest BCUT2D eigenvalue weighted by molar-refractivity contribution is -0.150. The van der Waals surface area contributed by atoms with Gasteiger partial charge in [-0.2, -0.15) is 0 Å². The van der Waals surface area contributed by atoms with Gasteiger partial charge in [0.1, 0.15) is 6.10 Å². The predicted octanol–water partition coefficient (Wildman–Crippen LogP) is 3.47. The molecule has 0 aromatic heterocycles. The van der Waals surface area contributed by atoms with Crippen LogP contribution in [0.15, 0.2) is 60.7 Å². The molecule has 29 heavy (non-hydrogen) atoms. The largest absolute Gasteiger partial charge is 0.402 e. The Balaban J connectivity index is 2.11. The van der Waals surface area contributed by atoms with Gasteiger partial charge in [-0.3, -0.25) is 0 Å². The SMILES string of the molecule is CC1(C)OC[C@H]([C@@H](CCO)O[Si](c2ccccc2)(c2ccccc2)C(C)(C)C)O1. The first kappa shape index (κ1) is 22.2. The van der Waals surface area contributed by atoms with Crippen LogP contribution < -0.4 is 10.4 Å². The van der Waals surface area contributed by atoms with Crippen LogP contribution >= 0.6 is 0 Å². The summed E-state index contributed by atoms with van der Waals surface area (Å²) < 4.78 is 19.1. The molecule has 0 amide bonds. The molecule has 1 aliphatic rings. The highest BCUT2D eigenvalue weighted by atomic mass is 28.4. The van der Waals surface area contributed by atoms with E-state index in [0.717, 1.165) is 0 Å². The summed E-state index contributed by atoms with van der Waals surface area (Å²) in [5.41, 5.74) is 0. The molecule has 5 heteroatoms. The van der Waals surface area contributed by atoms with Crippen LogP contribution in [0.3, 0.4) is 0 Å². The number of rotatable bonds is 7. The highest BCUT2D eigenvalue weighted by Gasteiger charge is 2.53. The number of aliphatic hydroxyl groups is 1. The molecule has 0 unspecified atom stereocenters. The molecule has 2 aromatic carbocycles. The van der Waals surface area contributed by atoms with Crippen LogP contribution in [0.5, 0.6) is 0 Å². The standard InChI is InChI=1S/C24H34O4Si/c1-23(2,3)29(19-12-8-6-9-13-19,20-14-10-7-11-15-20)28-21(16-17-25)22-18-26-24(4,5)27-22/h6-15,21-22,25H,16-18H2,1-5H3/t21-,22-/m1/s1. The zero-order valence-corrected chi connectivity index (χ0v) is 19.2. The van der Waals surface area contributed by atoms with Crippen LogP contribution in [0.1, 0.15) is 41.0 Å². The Morgan fingerprint density at radius 3 is 1.93 bits per heavy atom. The van der Waals surface area contributed by atoms with Gasteiger partial charge in [-0.25, -0.2) is 0 Å². The number of hydrogen-bond acceptors (Lipinski definition) is 4. The van der Waals surface area contributed by atoms with E-state index in [1.807, 2.05) is 26.0 Å². The van der Waals surface area contributed by atoms with Crippen molar-refractivity contribution in [1.29, 1.82) is 0 Å². The summed E-state index contributed by atoms with van der Waals surface area (Å²) in [6, 6.07) is 21.1. The second kappa shape index (κ2) is 8.70. The van der Waals surface area contributed by atoms with E-state index >= 15 is 0 Å². The molecule has 0 spiro atoms. The van der Waals surface area contributed by atoms with Crippen molar-refractivity contribution in [2.24, 2.45) is 0 Å². The highest BCUT2D eigenvalue weighted by Crippen LogP contribution is 2.39. The van der Waals surface area contributed by atoms with Crippen LogP contribution in [0, 0.1) is 0 Å². The second-order valence-corrected chi connectivity index (χ2v) is 13.5. The van der Waals surface area contributed by atoms with E-state index in [0.29, 0.717) is 13.0 Å². The average molecular weight is 415 g/mol. The Hall–Kier alpha value is -1.50. The Bertz CT molecular complexity index is 731. The molecule has 0 bridgehead atoms. The van der Waals surface area contributed by atoms with Crippen molar-refractivity contribution in [3.05, 3.63) is 60.7 Å². The molecule has 1 N–H and O–H groups in total. The Morgan fingerprint density at radius 1 is 1.03 bits per heavy atom. The maximum atomic E-state index is 9.81. The fraction of sp³-hybridized carbons (Fsp3) is 0.500. The summed E-state index contributed by atoms with van der Waals surface area (Å²) in [6.07, 6.45) is 0.0427. The Labute approximate surface area is 176 Å². The first-order valence-corrected chi connectivity index (χ1v) is 12.3. The molecule has 3 rings (SSSR count). The minimum Gasteiger partial charge on any atom is -0.402 e. The van der Waals surface area contributed by atoms with E-state index in [9.17, 15) is 5.11 Å². The van der Waals surface area contributed by atoms with Crippen molar-refractivity contribution >= 4 is 18.7 Å². The van der Waals surface area contributed by atoms with E-state index in [4.69, 9.17) is 13.9 Å². The van der Waals surface area contributed by atoms with Crippen LogP contribution in [-0.4, -0.2) is 44.6 Å². The molecule has 1 aliphatic heterocycles. The first-order chi connectivity index (χ1) is 13.7. The van der Waals surface area contributed by atoms with Crippen molar-refractivity contribution in [2.45, 2.75) is 64.1 Å². The third kappa shape index (κ3) is 4.65. The molecular weight excluding hydrogens is 380 g/mol.